The van der Waals surface area contributed by atoms with Crippen LogP contribution in [0.15, 0.2) is 36.7 Å². The third-order valence-electron chi connectivity index (χ3n) is 4.59. The third kappa shape index (κ3) is 3.88. The van der Waals surface area contributed by atoms with Crippen molar-refractivity contribution in [2.24, 2.45) is 0 Å². The molecule has 1 aliphatic rings. The lowest BCUT2D eigenvalue weighted by Gasteiger charge is -2.24. The van der Waals surface area contributed by atoms with Gasteiger partial charge in [-0.05, 0) is 19.1 Å². The van der Waals surface area contributed by atoms with Gasteiger partial charge in [0.05, 0.1) is 12.3 Å². The number of nitrogens with one attached hydrogen (secondary N) is 2. The number of rotatable bonds is 5. The number of fused-ring (bicyclic) bond motifs is 1. The number of ether oxygens (including phenoxy) is 1. The van der Waals surface area contributed by atoms with Gasteiger partial charge in [0.2, 0.25) is 0 Å². The van der Waals surface area contributed by atoms with E-state index >= 15 is 0 Å². The van der Waals surface area contributed by atoms with Crippen LogP contribution in [0, 0.1) is 0 Å². The number of carbonyl (C=O) groups is 1. The van der Waals surface area contributed by atoms with Gasteiger partial charge in [-0.15, -0.1) is 0 Å². The Morgan fingerprint density at radius 3 is 2.76 bits per heavy atom. The molecule has 0 unspecified atom stereocenters. The van der Waals surface area contributed by atoms with Crippen molar-refractivity contribution >= 4 is 17.2 Å². The van der Waals surface area contributed by atoms with Crippen LogP contribution < -0.4 is 15.4 Å². The van der Waals surface area contributed by atoms with E-state index in [-0.39, 0.29) is 5.69 Å². The lowest BCUT2D eigenvalue weighted by atomic mass is 10.0. The first-order valence-electron chi connectivity index (χ1n) is 9.07. The minimum atomic E-state index is -4.63. The number of nitrogens with zero attached hydrogens (tertiary/aromatic N) is 3. The van der Waals surface area contributed by atoms with Crippen molar-refractivity contribution in [3.05, 3.63) is 53.7 Å². The maximum Gasteiger partial charge on any atom is 0.433 e. The maximum atomic E-state index is 12.9. The van der Waals surface area contributed by atoms with E-state index in [2.05, 4.69) is 20.6 Å². The summed E-state index contributed by atoms with van der Waals surface area (Å²) in [5.74, 6) is -0.0538. The van der Waals surface area contributed by atoms with Gasteiger partial charge in [0, 0.05) is 37.5 Å². The van der Waals surface area contributed by atoms with Crippen LogP contribution in [0.3, 0.4) is 0 Å². The van der Waals surface area contributed by atoms with Crippen LogP contribution in [0.4, 0.5) is 18.9 Å². The summed E-state index contributed by atoms with van der Waals surface area (Å²) in [4.78, 5) is 20.5. The van der Waals surface area contributed by atoms with E-state index in [1.54, 1.807) is 23.6 Å². The molecular formula is C19H18F3N5O2. The van der Waals surface area contributed by atoms with Gasteiger partial charge >= 0.3 is 6.18 Å². The lowest BCUT2D eigenvalue weighted by molar-refractivity contribution is -0.141. The second-order valence-electron chi connectivity index (χ2n) is 6.63. The summed E-state index contributed by atoms with van der Waals surface area (Å²) in [5, 5.41) is 5.78. The second kappa shape index (κ2) is 7.36. The molecule has 0 spiro atoms. The molecule has 2 N–H and O–H groups in total. The molecule has 0 saturated carbocycles. The summed E-state index contributed by atoms with van der Waals surface area (Å²) in [6.07, 6.45) is -1.13. The van der Waals surface area contributed by atoms with Crippen molar-refractivity contribution < 1.29 is 22.7 Å². The van der Waals surface area contributed by atoms with Gasteiger partial charge in [0.15, 0.2) is 0 Å². The highest BCUT2D eigenvalue weighted by atomic mass is 19.4. The van der Waals surface area contributed by atoms with E-state index in [1.165, 1.54) is 6.07 Å². The van der Waals surface area contributed by atoms with Crippen LogP contribution in [0.1, 0.15) is 34.7 Å². The highest BCUT2D eigenvalue weighted by molar-refractivity contribution is 6.03. The van der Waals surface area contributed by atoms with Gasteiger partial charge in [-0.2, -0.15) is 13.2 Å². The molecule has 152 valence electrons. The topological polar surface area (TPSA) is 80.5 Å². The smallest absolute Gasteiger partial charge is 0.433 e. The van der Waals surface area contributed by atoms with Crippen molar-refractivity contribution in [2.45, 2.75) is 19.0 Å². The van der Waals surface area contributed by atoms with Crippen molar-refractivity contribution in [3.8, 4) is 5.75 Å². The molecule has 1 aliphatic heterocycles. The van der Waals surface area contributed by atoms with E-state index in [4.69, 9.17) is 4.74 Å². The molecule has 0 aromatic carbocycles. The summed E-state index contributed by atoms with van der Waals surface area (Å²) in [6, 6.07) is 4.87. The zero-order valence-electron chi connectivity index (χ0n) is 15.5. The van der Waals surface area contributed by atoms with Gasteiger partial charge < -0.3 is 19.8 Å². The molecule has 0 radical (unpaired) electrons. The zero-order chi connectivity index (χ0) is 20.6. The number of carbonyl (C=O) groups excluding carboxylic acids is 1. The third-order valence-corrected chi connectivity index (χ3v) is 4.59. The van der Waals surface area contributed by atoms with Crippen molar-refractivity contribution in [2.75, 3.05) is 25.0 Å². The van der Waals surface area contributed by atoms with Crippen LogP contribution in [-0.4, -0.2) is 40.0 Å². The molecule has 29 heavy (non-hydrogen) atoms. The Morgan fingerprint density at radius 1 is 1.31 bits per heavy atom. The number of pyridine rings is 2. The monoisotopic (exact) mass is 405 g/mol. The van der Waals surface area contributed by atoms with E-state index in [1.807, 2.05) is 6.20 Å². The summed E-state index contributed by atoms with van der Waals surface area (Å²) in [6.45, 7) is 3.85. The molecule has 1 amide bonds. The Bertz CT molecular complexity index is 1060. The highest BCUT2D eigenvalue weighted by Gasteiger charge is 2.33. The number of hydrogen-bond acceptors (Lipinski definition) is 5. The predicted octanol–water partition coefficient (Wildman–Crippen LogP) is 3.09. The van der Waals surface area contributed by atoms with E-state index in [9.17, 15) is 18.0 Å². The molecule has 4 heterocycles. The quantitative estimate of drug-likeness (QED) is 0.682. The lowest BCUT2D eigenvalue weighted by Crippen LogP contribution is -2.40. The van der Waals surface area contributed by atoms with Crippen molar-refractivity contribution in [3.63, 3.8) is 0 Å². The molecule has 3 aromatic heterocycles. The van der Waals surface area contributed by atoms with Gasteiger partial charge in [0.25, 0.3) is 5.91 Å². The van der Waals surface area contributed by atoms with E-state index in [0.29, 0.717) is 29.6 Å². The number of alkyl halides is 3. The van der Waals surface area contributed by atoms with Crippen LogP contribution in [0.5, 0.6) is 5.75 Å². The molecule has 3 aromatic rings. The maximum absolute atomic E-state index is 12.9. The first kappa shape index (κ1) is 19.2. The molecule has 4 rings (SSSR count). The van der Waals surface area contributed by atoms with Crippen LogP contribution in [-0.2, 0) is 6.18 Å². The minimum absolute atomic E-state index is 0.319. The summed E-state index contributed by atoms with van der Waals surface area (Å²) in [7, 11) is 0. The van der Waals surface area contributed by atoms with E-state index < -0.39 is 17.8 Å². The van der Waals surface area contributed by atoms with Crippen molar-refractivity contribution in [1.82, 2.24) is 19.7 Å². The minimum Gasteiger partial charge on any atom is -0.491 e. The number of imidazole rings is 1. The van der Waals surface area contributed by atoms with Crippen LogP contribution in [0.25, 0.3) is 5.65 Å². The van der Waals surface area contributed by atoms with Gasteiger partial charge in [-0.3, -0.25) is 4.79 Å². The number of halogens is 3. The van der Waals surface area contributed by atoms with E-state index in [0.717, 1.165) is 30.9 Å². The molecule has 10 heteroatoms. The fraction of sp³-hybridized carbons (Fsp3) is 0.316. The molecule has 1 saturated heterocycles. The molecule has 1 fully saturated rings. The normalized spacial score (nSPS) is 14.6. The summed E-state index contributed by atoms with van der Waals surface area (Å²) < 4.78 is 46.0. The fourth-order valence-electron chi connectivity index (χ4n) is 3.00. The summed E-state index contributed by atoms with van der Waals surface area (Å²) in [5.41, 5.74) is 0.437. The number of hydrogen-bond donors (Lipinski definition) is 2. The van der Waals surface area contributed by atoms with Crippen LogP contribution >= 0.6 is 0 Å². The average Bonchev–Trinajstić information content (AvgIpc) is 3.02. The second-order valence-corrected chi connectivity index (χ2v) is 6.63. The molecule has 0 atom stereocenters. The van der Waals surface area contributed by atoms with Crippen LogP contribution in [0.2, 0.25) is 0 Å². The molecule has 0 aliphatic carbocycles. The SMILES string of the molecule is CCOc1cc2nc(C3CNC3)cn2cc1NC(=O)c1cccc(C(F)(F)F)n1. The summed E-state index contributed by atoms with van der Waals surface area (Å²) >= 11 is 0. The average molecular weight is 405 g/mol. The first-order valence-corrected chi connectivity index (χ1v) is 9.07. The predicted molar refractivity (Wildman–Crippen MR) is 99.2 cm³/mol. The number of amides is 1. The Kier molecular flexibility index (Phi) is 4.87. The Balaban J connectivity index is 1.65. The standard InChI is InChI=1S/C19H18F3N5O2/c1-2-29-15-6-17-25-13(11-7-23-8-11)9-27(17)10-14(15)26-18(28)12-4-3-5-16(24-12)19(20,21)22/h3-6,9-11,23H,2,7-8H2,1H3,(H,26,28). The van der Waals surface area contributed by atoms with Gasteiger partial charge in [0.1, 0.15) is 28.5 Å². The zero-order valence-corrected chi connectivity index (χ0v) is 15.5. The Labute approximate surface area is 163 Å². The Hall–Kier alpha value is -3.14. The first-order chi connectivity index (χ1) is 13.8. The Morgan fingerprint density at radius 2 is 2.10 bits per heavy atom. The largest absolute Gasteiger partial charge is 0.491 e. The number of aromatic nitrogens is 3. The highest BCUT2D eigenvalue weighted by Crippen LogP contribution is 2.30. The molecule has 0 bridgehead atoms. The molecule has 7 nitrogen and oxygen atoms in total. The number of anilines is 1. The van der Waals surface area contributed by atoms with Gasteiger partial charge in [-0.1, -0.05) is 6.07 Å². The van der Waals surface area contributed by atoms with Gasteiger partial charge in [-0.25, -0.2) is 9.97 Å². The van der Waals surface area contributed by atoms with Crippen molar-refractivity contribution in [1.29, 1.82) is 0 Å². The molecular weight excluding hydrogens is 387 g/mol. The fourth-order valence-corrected chi connectivity index (χ4v) is 3.00.